The zero-order chi connectivity index (χ0) is 14.8. The Bertz CT molecular complexity index is 805. The van der Waals surface area contributed by atoms with Crippen molar-refractivity contribution in [2.75, 3.05) is 0 Å². The topological polar surface area (TPSA) is 56.0 Å². The normalized spacial score (nSPS) is 10.9. The lowest BCUT2D eigenvalue weighted by atomic mass is 10.2. The van der Waals surface area contributed by atoms with E-state index in [-0.39, 0.29) is 10.6 Å². The highest BCUT2D eigenvalue weighted by atomic mass is 35.5. The van der Waals surface area contributed by atoms with Crippen LogP contribution in [-0.4, -0.2) is 9.30 Å². The summed E-state index contributed by atoms with van der Waals surface area (Å²) in [4.78, 5) is 11.4. The molecule has 3 rings (SSSR count). The van der Waals surface area contributed by atoms with Crippen LogP contribution in [0.1, 0.15) is 5.56 Å². The molecule has 4 nitrogen and oxygen atoms in total. The van der Waals surface area contributed by atoms with Crippen LogP contribution in [0.2, 0.25) is 5.15 Å². The first kappa shape index (κ1) is 14.3. The van der Waals surface area contributed by atoms with Gasteiger partial charge in [-0.1, -0.05) is 41.9 Å². The Morgan fingerprint density at radius 2 is 2.05 bits per heavy atom. The highest BCUT2D eigenvalue weighted by Gasteiger charge is 2.16. The monoisotopic (exact) mass is 336 g/mol. The fourth-order valence-corrected chi connectivity index (χ4v) is 4.24. The summed E-state index contributed by atoms with van der Waals surface area (Å²) in [6.07, 6.45) is 0. The molecule has 0 aliphatic heterocycles. The number of rotatable bonds is 4. The summed E-state index contributed by atoms with van der Waals surface area (Å²) in [6.45, 7) is 0. The average molecular weight is 337 g/mol. The van der Waals surface area contributed by atoms with Crippen molar-refractivity contribution in [1.82, 2.24) is 4.37 Å². The molecule has 0 saturated carbocycles. The molecule has 1 heterocycles. The van der Waals surface area contributed by atoms with E-state index in [0.29, 0.717) is 5.15 Å². The van der Waals surface area contributed by atoms with Crippen molar-refractivity contribution in [2.45, 2.75) is 10.6 Å². The molecule has 0 spiro atoms. The molecule has 0 atom stereocenters. The molecule has 0 bridgehead atoms. The third-order valence-corrected chi connectivity index (χ3v) is 5.21. The molecule has 0 saturated heterocycles. The van der Waals surface area contributed by atoms with Gasteiger partial charge >= 0.3 is 0 Å². The van der Waals surface area contributed by atoms with Gasteiger partial charge in [-0.2, -0.15) is 4.37 Å². The molecular weight excluding hydrogens is 328 g/mol. The molecule has 2 aromatic carbocycles. The summed E-state index contributed by atoms with van der Waals surface area (Å²) in [6, 6.07) is 13.0. The predicted molar refractivity (Wildman–Crippen MR) is 87.3 cm³/mol. The van der Waals surface area contributed by atoms with E-state index < -0.39 is 0 Å². The van der Waals surface area contributed by atoms with Crippen molar-refractivity contribution in [1.29, 1.82) is 0 Å². The van der Waals surface area contributed by atoms with Crippen LogP contribution in [0.5, 0.6) is 0 Å². The second-order valence-corrected chi connectivity index (χ2v) is 6.50. The molecule has 0 N–H and O–H groups in total. The van der Waals surface area contributed by atoms with Crippen LogP contribution < -0.4 is 0 Å². The summed E-state index contributed by atoms with van der Waals surface area (Å²) >= 11 is 8.82. The van der Waals surface area contributed by atoms with Gasteiger partial charge in [-0.05, 0) is 17.1 Å². The fourth-order valence-electron chi connectivity index (χ4n) is 1.94. The van der Waals surface area contributed by atoms with Crippen molar-refractivity contribution >= 4 is 50.7 Å². The van der Waals surface area contributed by atoms with E-state index in [4.69, 9.17) is 11.6 Å². The summed E-state index contributed by atoms with van der Waals surface area (Å²) in [5.41, 5.74) is 1.22. The van der Waals surface area contributed by atoms with Crippen molar-refractivity contribution in [3.8, 4) is 0 Å². The molecule has 0 unspecified atom stereocenters. The lowest BCUT2D eigenvalue weighted by Gasteiger charge is -2.04. The van der Waals surface area contributed by atoms with Crippen LogP contribution in [-0.2, 0) is 5.75 Å². The molecule has 21 heavy (non-hydrogen) atoms. The third-order valence-electron chi connectivity index (χ3n) is 2.93. The number of aromatic nitrogens is 1. The predicted octanol–water partition coefficient (Wildman–Crippen LogP) is 5.15. The van der Waals surface area contributed by atoms with Crippen molar-refractivity contribution < 1.29 is 4.92 Å². The molecule has 0 radical (unpaired) electrons. The number of nitro benzene ring substituents is 1. The first-order valence-electron chi connectivity index (χ1n) is 6.05. The Kier molecular flexibility index (Phi) is 4.10. The van der Waals surface area contributed by atoms with Gasteiger partial charge in [-0.25, -0.2) is 0 Å². The van der Waals surface area contributed by atoms with Crippen molar-refractivity contribution in [2.24, 2.45) is 0 Å². The zero-order valence-electron chi connectivity index (χ0n) is 10.7. The number of benzene rings is 2. The van der Waals surface area contributed by atoms with E-state index >= 15 is 0 Å². The van der Waals surface area contributed by atoms with E-state index in [1.807, 2.05) is 30.3 Å². The molecular formula is C14H9ClN2O2S2. The van der Waals surface area contributed by atoms with Gasteiger partial charge in [0.2, 0.25) is 0 Å². The average Bonchev–Trinajstić information content (AvgIpc) is 2.87. The molecule has 0 amide bonds. The molecule has 1 aromatic heterocycles. The first-order chi connectivity index (χ1) is 10.1. The maximum Gasteiger partial charge on any atom is 0.272 e. The third kappa shape index (κ3) is 3.02. The molecule has 7 heteroatoms. The van der Waals surface area contributed by atoms with E-state index in [9.17, 15) is 10.1 Å². The second-order valence-electron chi connectivity index (χ2n) is 4.32. The van der Waals surface area contributed by atoms with Crippen LogP contribution >= 0.6 is 34.9 Å². The quantitative estimate of drug-likeness (QED) is 0.375. The molecule has 0 fully saturated rings. The van der Waals surface area contributed by atoms with Crippen LogP contribution in [0.3, 0.4) is 0 Å². The Hall–Kier alpha value is -1.63. The molecule has 0 aliphatic rings. The van der Waals surface area contributed by atoms with Gasteiger partial charge < -0.3 is 0 Å². The smallest absolute Gasteiger partial charge is 0.258 e. The highest BCUT2D eigenvalue weighted by molar-refractivity contribution is 7.98. The van der Waals surface area contributed by atoms with Crippen molar-refractivity contribution in [3.63, 3.8) is 0 Å². The van der Waals surface area contributed by atoms with Gasteiger partial charge in [0, 0.05) is 28.2 Å². The molecule has 0 aliphatic carbocycles. The summed E-state index contributed by atoms with van der Waals surface area (Å²) < 4.78 is 4.82. The maximum atomic E-state index is 11.0. The largest absolute Gasteiger partial charge is 0.272 e. The molecule has 106 valence electrons. The Labute approximate surface area is 134 Å². The Balaban J connectivity index is 1.99. The van der Waals surface area contributed by atoms with Crippen molar-refractivity contribution in [3.05, 3.63) is 63.3 Å². The van der Waals surface area contributed by atoms with Crippen LogP contribution in [0.4, 0.5) is 5.69 Å². The number of halogens is 1. The number of thioether (sulfide) groups is 1. The second kappa shape index (κ2) is 6.01. The summed E-state index contributed by atoms with van der Waals surface area (Å²) in [5.74, 6) is 0.725. The Morgan fingerprint density at radius 3 is 2.76 bits per heavy atom. The number of fused-ring (bicyclic) bond motifs is 1. The minimum Gasteiger partial charge on any atom is -0.258 e. The van der Waals surface area contributed by atoms with E-state index in [0.717, 1.165) is 26.3 Å². The minimum atomic E-state index is -0.389. The van der Waals surface area contributed by atoms with Gasteiger partial charge in [0.05, 0.1) is 9.62 Å². The number of hydrogen-bond donors (Lipinski definition) is 0. The maximum absolute atomic E-state index is 11.0. The van der Waals surface area contributed by atoms with Crippen LogP contribution in [0, 0.1) is 10.1 Å². The van der Waals surface area contributed by atoms with Crippen LogP contribution in [0.15, 0.2) is 47.4 Å². The fraction of sp³-hybridized carbons (Fsp3) is 0.0714. The number of nitrogens with zero attached hydrogens (tertiary/aromatic N) is 2. The summed E-state index contributed by atoms with van der Waals surface area (Å²) in [7, 11) is 0. The van der Waals surface area contributed by atoms with E-state index in [2.05, 4.69) is 4.37 Å². The lowest BCUT2D eigenvalue weighted by molar-refractivity contribution is -0.384. The number of non-ortho nitro benzene ring substituents is 1. The van der Waals surface area contributed by atoms with E-state index in [1.165, 1.54) is 29.4 Å². The first-order valence-corrected chi connectivity index (χ1v) is 8.19. The lowest BCUT2D eigenvalue weighted by Crippen LogP contribution is -1.89. The van der Waals surface area contributed by atoms with E-state index in [1.54, 1.807) is 6.07 Å². The van der Waals surface area contributed by atoms with Gasteiger partial charge in [0.25, 0.3) is 5.69 Å². The highest BCUT2D eigenvalue weighted by Crippen LogP contribution is 2.39. The zero-order valence-corrected chi connectivity index (χ0v) is 13.0. The standard InChI is InChI=1S/C14H9ClN2O2S2/c15-14-13-11(20-8-9-4-2-1-3-5-9)6-10(17(18)19)7-12(13)21-16-14/h1-7H,8H2. The van der Waals surface area contributed by atoms with Gasteiger partial charge in [-0.15, -0.1) is 11.8 Å². The van der Waals surface area contributed by atoms with Gasteiger partial charge in [0.15, 0.2) is 5.15 Å². The van der Waals surface area contributed by atoms with Gasteiger partial charge in [0.1, 0.15) is 0 Å². The summed E-state index contributed by atoms with van der Waals surface area (Å²) in [5, 5.41) is 12.2. The number of hydrogen-bond acceptors (Lipinski definition) is 5. The minimum absolute atomic E-state index is 0.0679. The van der Waals surface area contributed by atoms with Crippen LogP contribution in [0.25, 0.3) is 10.1 Å². The van der Waals surface area contributed by atoms with Gasteiger partial charge in [-0.3, -0.25) is 10.1 Å². The molecule has 3 aromatic rings. The SMILES string of the molecule is O=[N+]([O-])c1cc(SCc2ccccc2)c2c(Cl)nsc2c1. The Morgan fingerprint density at radius 1 is 1.29 bits per heavy atom. The number of nitro groups is 1.